The summed E-state index contributed by atoms with van der Waals surface area (Å²) < 4.78 is 13.3. The molecular formula is C16H13ClFN3. The average molecular weight is 302 g/mol. The van der Waals surface area contributed by atoms with Crippen molar-refractivity contribution in [1.29, 1.82) is 0 Å². The Morgan fingerprint density at radius 2 is 1.81 bits per heavy atom. The molecule has 1 N–H and O–H groups in total. The van der Waals surface area contributed by atoms with Crippen molar-refractivity contribution in [3.8, 4) is 0 Å². The zero-order chi connectivity index (χ0) is 14.8. The van der Waals surface area contributed by atoms with Crippen LogP contribution in [0.2, 0.25) is 5.15 Å². The quantitative estimate of drug-likeness (QED) is 0.768. The number of aromatic nitrogens is 2. The van der Waals surface area contributed by atoms with Gasteiger partial charge in [-0.1, -0.05) is 48.0 Å². The zero-order valence-electron chi connectivity index (χ0n) is 11.3. The van der Waals surface area contributed by atoms with Crippen LogP contribution in [0.3, 0.4) is 0 Å². The molecule has 0 aliphatic carbocycles. The molecule has 106 valence electrons. The molecule has 1 atom stereocenters. The maximum Gasteiger partial charge on any atom is 0.159 e. The van der Waals surface area contributed by atoms with E-state index in [1.807, 2.05) is 37.3 Å². The van der Waals surface area contributed by atoms with E-state index in [-0.39, 0.29) is 11.9 Å². The molecule has 3 rings (SSSR count). The van der Waals surface area contributed by atoms with Gasteiger partial charge in [-0.3, -0.25) is 0 Å². The average Bonchev–Trinajstić information content (AvgIpc) is 2.50. The number of benzene rings is 2. The Kier molecular flexibility index (Phi) is 3.71. The Hall–Kier alpha value is -2.20. The molecule has 21 heavy (non-hydrogen) atoms. The highest BCUT2D eigenvalue weighted by molar-refractivity contribution is 6.34. The van der Waals surface area contributed by atoms with E-state index in [0.717, 1.165) is 16.3 Å². The summed E-state index contributed by atoms with van der Waals surface area (Å²) in [4.78, 5) is 0. The minimum Gasteiger partial charge on any atom is -0.362 e. The number of anilines is 1. The van der Waals surface area contributed by atoms with Gasteiger partial charge in [0.25, 0.3) is 0 Å². The van der Waals surface area contributed by atoms with E-state index < -0.39 is 0 Å². The third-order valence-corrected chi connectivity index (χ3v) is 3.62. The predicted molar refractivity (Wildman–Crippen MR) is 83.0 cm³/mol. The van der Waals surface area contributed by atoms with Crippen LogP contribution in [0.25, 0.3) is 10.8 Å². The molecule has 0 bridgehead atoms. The summed E-state index contributed by atoms with van der Waals surface area (Å²) in [6.07, 6.45) is 0. The molecule has 0 fully saturated rings. The van der Waals surface area contributed by atoms with Gasteiger partial charge in [0.2, 0.25) is 0 Å². The number of nitrogens with zero attached hydrogens (tertiary/aromatic N) is 2. The molecule has 3 aromatic rings. The molecule has 5 heteroatoms. The predicted octanol–water partition coefficient (Wildman–Crippen LogP) is 4.60. The summed E-state index contributed by atoms with van der Waals surface area (Å²) in [5.41, 5.74) is 0.843. The first-order valence-corrected chi connectivity index (χ1v) is 6.96. The summed E-state index contributed by atoms with van der Waals surface area (Å²) in [7, 11) is 0. The SMILES string of the molecule is CC(Nc1nnc(Cl)c2ccccc12)c1cccc(F)c1. The highest BCUT2D eigenvalue weighted by atomic mass is 35.5. The molecule has 2 aromatic carbocycles. The minimum atomic E-state index is -0.256. The van der Waals surface area contributed by atoms with Crippen LogP contribution >= 0.6 is 11.6 Å². The van der Waals surface area contributed by atoms with Crippen molar-refractivity contribution in [1.82, 2.24) is 10.2 Å². The highest BCUT2D eigenvalue weighted by Crippen LogP contribution is 2.28. The molecule has 0 radical (unpaired) electrons. The smallest absolute Gasteiger partial charge is 0.159 e. The van der Waals surface area contributed by atoms with E-state index in [0.29, 0.717) is 11.0 Å². The molecule has 0 amide bonds. The fourth-order valence-electron chi connectivity index (χ4n) is 2.24. The van der Waals surface area contributed by atoms with Crippen molar-refractivity contribution in [3.05, 3.63) is 65.1 Å². The van der Waals surface area contributed by atoms with E-state index in [1.54, 1.807) is 6.07 Å². The van der Waals surface area contributed by atoms with Crippen LogP contribution in [0.4, 0.5) is 10.2 Å². The molecule has 1 unspecified atom stereocenters. The second-order valence-electron chi connectivity index (χ2n) is 4.81. The van der Waals surface area contributed by atoms with Gasteiger partial charge in [0, 0.05) is 10.8 Å². The maximum atomic E-state index is 13.3. The topological polar surface area (TPSA) is 37.8 Å². The lowest BCUT2D eigenvalue weighted by atomic mass is 10.1. The summed E-state index contributed by atoms with van der Waals surface area (Å²) in [6, 6.07) is 14.0. The van der Waals surface area contributed by atoms with E-state index in [1.165, 1.54) is 12.1 Å². The second kappa shape index (κ2) is 5.66. The van der Waals surface area contributed by atoms with Gasteiger partial charge in [-0.05, 0) is 24.6 Å². The fourth-order valence-corrected chi connectivity index (χ4v) is 2.44. The van der Waals surface area contributed by atoms with Gasteiger partial charge >= 0.3 is 0 Å². The zero-order valence-corrected chi connectivity index (χ0v) is 12.1. The van der Waals surface area contributed by atoms with Crippen LogP contribution in [0.5, 0.6) is 0 Å². The Balaban J connectivity index is 1.97. The van der Waals surface area contributed by atoms with E-state index >= 15 is 0 Å². The van der Waals surface area contributed by atoms with Gasteiger partial charge in [-0.15, -0.1) is 10.2 Å². The third kappa shape index (κ3) is 2.81. The van der Waals surface area contributed by atoms with Crippen LogP contribution < -0.4 is 5.32 Å². The number of nitrogens with one attached hydrogen (secondary N) is 1. The molecule has 0 saturated carbocycles. The van der Waals surface area contributed by atoms with E-state index in [2.05, 4.69) is 15.5 Å². The number of hydrogen-bond acceptors (Lipinski definition) is 3. The lowest BCUT2D eigenvalue weighted by Gasteiger charge is -2.16. The highest BCUT2D eigenvalue weighted by Gasteiger charge is 2.11. The van der Waals surface area contributed by atoms with Gasteiger partial charge in [-0.25, -0.2) is 4.39 Å². The Morgan fingerprint density at radius 3 is 2.57 bits per heavy atom. The van der Waals surface area contributed by atoms with Crippen LogP contribution in [-0.2, 0) is 0 Å². The molecule has 3 nitrogen and oxygen atoms in total. The van der Waals surface area contributed by atoms with Crippen LogP contribution in [0.1, 0.15) is 18.5 Å². The number of fused-ring (bicyclic) bond motifs is 1. The minimum absolute atomic E-state index is 0.0976. The first kappa shape index (κ1) is 13.8. The monoisotopic (exact) mass is 301 g/mol. The van der Waals surface area contributed by atoms with Crippen LogP contribution in [-0.4, -0.2) is 10.2 Å². The van der Waals surface area contributed by atoms with Crippen molar-refractivity contribution in [3.63, 3.8) is 0 Å². The number of halogens is 2. The van der Waals surface area contributed by atoms with Crippen LogP contribution in [0, 0.1) is 5.82 Å². The molecular weight excluding hydrogens is 289 g/mol. The largest absolute Gasteiger partial charge is 0.362 e. The molecule has 0 aliphatic rings. The van der Waals surface area contributed by atoms with E-state index in [9.17, 15) is 4.39 Å². The molecule has 0 spiro atoms. The van der Waals surface area contributed by atoms with Crippen molar-refractivity contribution < 1.29 is 4.39 Å². The van der Waals surface area contributed by atoms with Gasteiger partial charge in [-0.2, -0.15) is 0 Å². The van der Waals surface area contributed by atoms with Gasteiger partial charge in [0.05, 0.1) is 6.04 Å². The second-order valence-corrected chi connectivity index (χ2v) is 5.16. The van der Waals surface area contributed by atoms with Gasteiger partial charge in [0.1, 0.15) is 5.82 Å². The van der Waals surface area contributed by atoms with E-state index in [4.69, 9.17) is 11.6 Å². The summed E-state index contributed by atoms with van der Waals surface area (Å²) >= 11 is 6.05. The van der Waals surface area contributed by atoms with Crippen molar-refractivity contribution in [2.24, 2.45) is 0 Å². The molecule has 0 saturated heterocycles. The molecule has 1 heterocycles. The van der Waals surface area contributed by atoms with Crippen molar-refractivity contribution in [2.45, 2.75) is 13.0 Å². The summed E-state index contributed by atoms with van der Waals surface area (Å²) in [5, 5.41) is 13.4. The normalized spacial score (nSPS) is 12.3. The van der Waals surface area contributed by atoms with Gasteiger partial charge < -0.3 is 5.32 Å². The maximum absolute atomic E-state index is 13.3. The Bertz CT molecular complexity index is 791. The summed E-state index contributed by atoms with van der Waals surface area (Å²) in [6.45, 7) is 1.94. The number of hydrogen-bond donors (Lipinski definition) is 1. The van der Waals surface area contributed by atoms with Crippen LogP contribution in [0.15, 0.2) is 48.5 Å². The Labute approximate surface area is 126 Å². The lowest BCUT2D eigenvalue weighted by molar-refractivity contribution is 0.623. The third-order valence-electron chi connectivity index (χ3n) is 3.34. The first-order valence-electron chi connectivity index (χ1n) is 6.58. The van der Waals surface area contributed by atoms with Gasteiger partial charge in [0.15, 0.2) is 11.0 Å². The summed E-state index contributed by atoms with van der Waals surface area (Å²) in [5.74, 6) is 0.375. The molecule has 0 aliphatic heterocycles. The van der Waals surface area contributed by atoms with Crippen molar-refractivity contribution in [2.75, 3.05) is 5.32 Å². The Morgan fingerprint density at radius 1 is 1.05 bits per heavy atom. The molecule has 1 aromatic heterocycles. The standard InChI is InChI=1S/C16H13ClFN3/c1-10(11-5-4-6-12(18)9-11)19-16-14-8-3-2-7-13(14)15(17)20-21-16/h2-10H,1H3,(H,19,21). The number of rotatable bonds is 3. The first-order chi connectivity index (χ1) is 10.1. The lowest BCUT2D eigenvalue weighted by Crippen LogP contribution is -2.09. The van der Waals surface area contributed by atoms with Crippen molar-refractivity contribution >= 4 is 28.2 Å². The fraction of sp³-hybridized carbons (Fsp3) is 0.125.